The van der Waals surface area contributed by atoms with Crippen LogP contribution >= 0.6 is 0 Å². The molecule has 1 fully saturated rings. The van der Waals surface area contributed by atoms with E-state index in [-0.39, 0.29) is 0 Å². The van der Waals surface area contributed by atoms with E-state index in [9.17, 15) is 0 Å². The predicted molar refractivity (Wildman–Crippen MR) is 52.3 cm³/mol. The lowest BCUT2D eigenvalue weighted by molar-refractivity contribution is 0.364. The second-order valence-corrected chi connectivity index (χ2v) is 3.94. The van der Waals surface area contributed by atoms with Gasteiger partial charge in [-0.2, -0.15) is 0 Å². The molecule has 0 spiro atoms. The molecule has 1 aliphatic heterocycles. The van der Waals surface area contributed by atoms with Crippen molar-refractivity contribution in [3.05, 3.63) is 0 Å². The summed E-state index contributed by atoms with van der Waals surface area (Å²) in [6.45, 7) is 4.43. The molecule has 12 heavy (non-hydrogen) atoms. The quantitative estimate of drug-likeness (QED) is 0.420. The molecular formula is C11H22O. The summed E-state index contributed by atoms with van der Waals surface area (Å²) in [6.07, 6.45) is 10.9. The first kappa shape index (κ1) is 10.0. The van der Waals surface area contributed by atoms with Gasteiger partial charge in [0.2, 0.25) is 0 Å². The van der Waals surface area contributed by atoms with Gasteiger partial charge in [-0.1, -0.05) is 45.4 Å². The van der Waals surface area contributed by atoms with Crippen LogP contribution in [0.15, 0.2) is 0 Å². The molecule has 1 heteroatoms. The van der Waals surface area contributed by atoms with Gasteiger partial charge < -0.3 is 4.74 Å². The monoisotopic (exact) mass is 170 g/mol. The maximum absolute atomic E-state index is 5.34. The third kappa shape index (κ3) is 4.10. The van der Waals surface area contributed by atoms with E-state index in [0.29, 0.717) is 12.2 Å². The van der Waals surface area contributed by atoms with Crippen LogP contribution in [-0.4, -0.2) is 12.2 Å². The zero-order valence-corrected chi connectivity index (χ0v) is 8.51. The van der Waals surface area contributed by atoms with Crippen LogP contribution in [0.1, 0.15) is 58.8 Å². The number of hydrogen-bond acceptors (Lipinski definition) is 1. The molecule has 1 saturated heterocycles. The Kier molecular flexibility index (Phi) is 4.67. The Morgan fingerprint density at radius 2 is 1.58 bits per heavy atom. The molecule has 0 radical (unpaired) electrons. The Morgan fingerprint density at radius 1 is 1.00 bits per heavy atom. The van der Waals surface area contributed by atoms with Gasteiger partial charge in [-0.3, -0.25) is 0 Å². The van der Waals surface area contributed by atoms with Crippen LogP contribution < -0.4 is 0 Å². The lowest BCUT2D eigenvalue weighted by Gasteiger charge is -1.98. The zero-order valence-electron chi connectivity index (χ0n) is 8.51. The molecule has 0 aliphatic carbocycles. The van der Waals surface area contributed by atoms with E-state index in [1.54, 1.807) is 0 Å². The van der Waals surface area contributed by atoms with Gasteiger partial charge in [-0.15, -0.1) is 0 Å². The van der Waals surface area contributed by atoms with Crippen LogP contribution in [-0.2, 0) is 4.74 Å². The average Bonchev–Trinajstić information content (AvgIpc) is 2.74. The van der Waals surface area contributed by atoms with Crippen molar-refractivity contribution >= 4 is 0 Å². The highest BCUT2D eigenvalue weighted by Gasteiger charge is 2.32. The summed E-state index contributed by atoms with van der Waals surface area (Å²) >= 11 is 0. The van der Waals surface area contributed by atoms with Gasteiger partial charge in [0.25, 0.3) is 0 Å². The number of ether oxygens (including phenoxy) is 1. The molecule has 1 heterocycles. The lowest BCUT2D eigenvalue weighted by atomic mass is 10.1. The van der Waals surface area contributed by atoms with E-state index in [1.807, 2.05) is 0 Å². The maximum atomic E-state index is 5.34. The summed E-state index contributed by atoms with van der Waals surface area (Å²) in [5.41, 5.74) is 0. The average molecular weight is 170 g/mol. The van der Waals surface area contributed by atoms with Crippen molar-refractivity contribution in [1.82, 2.24) is 0 Å². The molecule has 1 aliphatic rings. The van der Waals surface area contributed by atoms with Crippen molar-refractivity contribution in [2.45, 2.75) is 71.0 Å². The Morgan fingerprint density at radius 3 is 2.17 bits per heavy atom. The molecule has 1 nitrogen and oxygen atoms in total. The fraction of sp³-hybridized carbons (Fsp3) is 1.00. The van der Waals surface area contributed by atoms with E-state index in [2.05, 4.69) is 13.8 Å². The van der Waals surface area contributed by atoms with Crippen LogP contribution in [0.4, 0.5) is 0 Å². The molecular weight excluding hydrogens is 148 g/mol. The van der Waals surface area contributed by atoms with Gasteiger partial charge in [0.05, 0.1) is 12.2 Å². The van der Waals surface area contributed by atoms with E-state index >= 15 is 0 Å². The Hall–Kier alpha value is -0.0400. The summed E-state index contributed by atoms with van der Waals surface area (Å²) in [7, 11) is 0. The number of hydrogen-bond donors (Lipinski definition) is 0. The minimum absolute atomic E-state index is 0.570. The minimum Gasteiger partial charge on any atom is -0.370 e. The van der Waals surface area contributed by atoms with Crippen molar-refractivity contribution in [2.24, 2.45) is 0 Å². The first-order valence-corrected chi connectivity index (χ1v) is 5.50. The van der Waals surface area contributed by atoms with E-state index < -0.39 is 0 Å². The minimum atomic E-state index is 0.570. The van der Waals surface area contributed by atoms with Gasteiger partial charge in [-0.25, -0.2) is 0 Å². The smallest absolute Gasteiger partial charge is 0.0839 e. The number of epoxide rings is 1. The third-order valence-corrected chi connectivity index (χ3v) is 2.68. The zero-order chi connectivity index (χ0) is 8.81. The highest BCUT2D eigenvalue weighted by atomic mass is 16.6. The van der Waals surface area contributed by atoms with Crippen LogP contribution in [0.2, 0.25) is 0 Å². The maximum Gasteiger partial charge on any atom is 0.0839 e. The molecule has 0 bridgehead atoms. The van der Waals surface area contributed by atoms with Crippen LogP contribution in [0, 0.1) is 0 Å². The molecule has 0 unspecified atom stereocenters. The summed E-state index contributed by atoms with van der Waals surface area (Å²) in [4.78, 5) is 0. The largest absolute Gasteiger partial charge is 0.370 e. The Bertz CT molecular complexity index is 112. The van der Waals surface area contributed by atoms with Crippen molar-refractivity contribution in [3.63, 3.8) is 0 Å². The van der Waals surface area contributed by atoms with Gasteiger partial charge >= 0.3 is 0 Å². The standard InChI is InChI=1S/C11H22O/c1-3-4-5-6-7-8-9-11-10(2)12-11/h10-11H,3-9H2,1-2H3/t10-,11+/m1/s1. The van der Waals surface area contributed by atoms with Crippen LogP contribution in [0.5, 0.6) is 0 Å². The molecule has 0 saturated carbocycles. The topological polar surface area (TPSA) is 12.5 Å². The highest BCUT2D eigenvalue weighted by Crippen LogP contribution is 2.26. The van der Waals surface area contributed by atoms with Crippen molar-refractivity contribution in [2.75, 3.05) is 0 Å². The molecule has 0 aromatic heterocycles. The summed E-state index contributed by atoms with van der Waals surface area (Å²) in [5.74, 6) is 0. The predicted octanol–water partition coefficient (Wildman–Crippen LogP) is 3.52. The van der Waals surface area contributed by atoms with Crippen LogP contribution in [0.25, 0.3) is 0 Å². The van der Waals surface area contributed by atoms with Crippen molar-refractivity contribution in [3.8, 4) is 0 Å². The molecule has 0 aromatic rings. The summed E-state index contributed by atoms with van der Waals surface area (Å²) < 4.78 is 5.34. The van der Waals surface area contributed by atoms with E-state index in [0.717, 1.165) is 0 Å². The molecule has 0 N–H and O–H groups in total. The number of rotatable bonds is 7. The third-order valence-electron chi connectivity index (χ3n) is 2.68. The fourth-order valence-corrected chi connectivity index (χ4v) is 1.66. The Balaban J connectivity index is 1.72. The normalized spacial score (nSPS) is 27.5. The van der Waals surface area contributed by atoms with Crippen molar-refractivity contribution < 1.29 is 4.74 Å². The summed E-state index contributed by atoms with van der Waals surface area (Å²) in [5, 5.41) is 0. The van der Waals surface area contributed by atoms with Gasteiger partial charge in [0.15, 0.2) is 0 Å². The molecule has 0 amide bonds. The van der Waals surface area contributed by atoms with Crippen molar-refractivity contribution in [1.29, 1.82) is 0 Å². The van der Waals surface area contributed by atoms with Gasteiger partial charge in [0, 0.05) is 0 Å². The fourth-order valence-electron chi connectivity index (χ4n) is 1.66. The number of unbranched alkanes of at least 4 members (excludes halogenated alkanes) is 5. The van der Waals surface area contributed by atoms with Crippen LogP contribution in [0.3, 0.4) is 0 Å². The van der Waals surface area contributed by atoms with E-state index in [1.165, 1.54) is 44.9 Å². The lowest BCUT2D eigenvalue weighted by Crippen LogP contribution is -1.89. The highest BCUT2D eigenvalue weighted by molar-refractivity contribution is 4.79. The second-order valence-electron chi connectivity index (χ2n) is 3.94. The second kappa shape index (κ2) is 5.58. The molecule has 72 valence electrons. The molecule has 1 rings (SSSR count). The Labute approximate surface area is 76.5 Å². The first-order valence-electron chi connectivity index (χ1n) is 5.50. The first-order chi connectivity index (χ1) is 5.84. The van der Waals surface area contributed by atoms with Gasteiger partial charge in [-0.05, 0) is 13.3 Å². The molecule has 2 atom stereocenters. The summed E-state index contributed by atoms with van der Waals surface area (Å²) in [6, 6.07) is 0. The van der Waals surface area contributed by atoms with Gasteiger partial charge in [0.1, 0.15) is 0 Å². The molecule has 0 aromatic carbocycles. The van der Waals surface area contributed by atoms with E-state index in [4.69, 9.17) is 4.74 Å². The SMILES string of the molecule is CCCCCCCC[C@@H]1O[C@@H]1C.